The summed E-state index contributed by atoms with van der Waals surface area (Å²) in [7, 11) is 0. The van der Waals surface area contributed by atoms with Crippen LogP contribution in [0.5, 0.6) is 11.5 Å². The number of carbonyl (C=O) groups excluding carboxylic acids is 1. The number of benzene rings is 1. The number of fused-ring (bicyclic) bond motifs is 1. The van der Waals surface area contributed by atoms with Crippen LogP contribution in [-0.4, -0.2) is 53.7 Å². The number of rotatable bonds is 4. The first-order valence-corrected chi connectivity index (χ1v) is 11.1. The van der Waals surface area contributed by atoms with Gasteiger partial charge in [0, 0.05) is 36.5 Å². The number of anilines is 1. The van der Waals surface area contributed by atoms with Crippen LogP contribution in [0.15, 0.2) is 54.9 Å². The number of morpholine rings is 1. The molecule has 1 amide bonds. The fourth-order valence-electron chi connectivity index (χ4n) is 4.00. The van der Waals surface area contributed by atoms with Crippen molar-refractivity contribution in [2.75, 3.05) is 38.6 Å². The number of hydrogen-bond acceptors (Lipinski definition) is 7. The summed E-state index contributed by atoms with van der Waals surface area (Å²) in [6.07, 6.45) is 4.42. The maximum Gasteiger partial charge on any atom is 0.227 e. The maximum atomic E-state index is 13.0. The number of nitrogens with two attached hydrogens (primary N) is 1. The Morgan fingerprint density at radius 2 is 1.76 bits per heavy atom. The van der Waals surface area contributed by atoms with Gasteiger partial charge in [-0.3, -0.25) is 9.78 Å². The van der Waals surface area contributed by atoms with E-state index in [4.69, 9.17) is 19.9 Å². The molecule has 4 heterocycles. The Hall–Kier alpha value is -3.65. The van der Waals surface area contributed by atoms with Crippen LogP contribution in [0, 0.1) is 0 Å². The second kappa shape index (κ2) is 9.46. The molecule has 0 bridgehead atoms. The van der Waals surface area contributed by atoms with E-state index in [0.29, 0.717) is 50.9 Å². The first kappa shape index (κ1) is 21.2. The quantitative estimate of drug-likeness (QED) is 0.658. The third kappa shape index (κ3) is 4.90. The number of amides is 1. The number of pyridine rings is 2. The Morgan fingerprint density at radius 1 is 0.970 bits per heavy atom. The van der Waals surface area contributed by atoms with E-state index in [1.807, 2.05) is 41.3 Å². The smallest absolute Gasteiger partial charge is 0.227 e. The molecule has 3 aromatic rings. The van der Waals surface area contributed by atoms with Gasteiger partial charge in [0.25, 0.3) is 0 Å². The Kier molecular flexibility index (Phi) is 6.08. The zero-order valence-corrected chi connectivity index (χ0v) is 18.3. The van der Waals surface area contributed by atoms with Crippen molar-refractivity contribution >= 4 is 11.7 Å². The Morgan fingerprint density at radius 3 is 2.52 bits per heavy atom. The number of ether oxygens (including phenoxy) is 3. The topological polar surface area (TPSA) is 99.8 Å². The Labute approximate surface area is 192 Å². The van der Waals surface area contributed by atoms with E-state index in [9.17, 15) is 4.79 Å². The summed E-state index contributed by atoms with van der Waals surface area (Å²) in [6, 6.07) is 13.3. The third-order valence-corrected chi connectivity index (χ3v) is 5.82. The normalized spacial score (nSPS) is 17.9. The largest absolute Gasteiger partial charge is 0.490 e. The summed E-state index contributed by atoms with van der Waals surface area (Å²) in [4.78, 5) is 23.6. The number of aromatic nitrogens is 2. The second-order valence-corrected chi connectivity index (χ2v) is 8.15. The van der Waals surface area contributed by atoms with Crippen LogP contribution in [0.3, 0.4) is 0 Å². The zero-order valence-electron chi connectivity index (χ0n) is 18.3. The minimum atomic E-state index is -0.259. The molecule has 1 saturated heterocycles. The summed E-state index contributed by atoms with van der Waals surface area (Å²) in [5.74, 6) is 1.98. The van der Waals surface area contributed by atoms with E-state index in [1.54, 1.807) is 18.5 Å². The molecule has 1 fully saturated rings. The molecule has 2 aliphatic heterocycles. The standard InChI is InChI=1S/C25H26N4O4/c26-24-7-4-19(15-28-24)18-3-5-20(27-14-18)23-16-29(8-11-33-23)25(30)13-17-2-6-21-22(12-17)32-10-1-9-31-21/h2-7,12,14-15,23H,1,8-11,13,16H2,(H2,26,28)/t23-/m0/s1. The molecule has 0 aliphatic carbocycles. The van der Waals surface area contributed by atoms with Gasteiger partial charge in [-0.1, -0.05) is 12.1 Å². The second-order valence-electron chi connectivity index (χ2n) is 8.15. The van der Waals surface area contributed by atoms with Gasteiger partial charge in [0.15, 0.2) is 11.5 Å². The lowest BCUT2D eigenvalue weighted by molar-refractivity contribution is -0.138. The summed E-state index contributed by atoms with van der Waals surface area (Å²) < 4.78 is 17.3. The van der Waals surface area contributed by atoms with Gasteiger partial charge in [0.2, 0.25) is 5.91 Å². The number of nitrogen functional groups attached to an aromatic ring is 1. The molecule has 2 N–H and O–H groups in total. The van der Waals surface area contributed by atoms with Crippen LogP contribution in [0.4, 0.5) is 5.82 Å². The van der Waals surface area contributed by atoms with Crippen molar-refractivity contribution in [3.8, 4) is 22.6 Å². The third-order valence-electron chi connectivity index (χ3n) is 5.82. The van der Waals surface area contributed by atoms with E-state index in [1.165, 1.54) is 0 Å². The monoisotopic (exact) mass is 446 g/mol. The van der Waals surface area contributed by atoms with Crippen LogP contribution in [-0.2, 0) is 16.0 Å². The number of nitrogens with zero attached hydrogens (tertiary/aromatic N) is 3. The lowest BCUT2D eigenvalue weighted by Gasteiger charge is -2.33. The van der Waals surface area contributed by atoms with Gasteiger partial charge < -0.3 is 24.8 Å². The number of hydrogen-bond donors (Lipinski definition) is 1. The molecule has 170 valence electrons. The molecule has 8 nitrogen and oxygen atoms in total. The van der Waals surface area contributed by atoms with Crippen molar-refractivity contribution in [3.63, 3.8) is 0 Å². The van der Waals surface area contributed by atoms with Gasteiger partial charge in [0.05, 0.1) is 38.5 Å². The predicted octanol–water partition coefficient (Wildman–Crippen LogP) is 3.03. The molecule has 33 heavy (non-hydrogen) atoms. The fraction of sp³-hybridized carbons (Fsp3) is 0.320. The zero-order chi connectivity index (χ0) is 22.6. The first-order valence-electron chi connectivity index (χ1n) is 11.1. The van der Waals surface area contributed by atoms with Crippen molar-refractivity contribution in [2.24, 2.45) is 0 Å². The summed E-state index contributed by atoms with van der Waals surface area (Å²) in [5.41, 5.74) is 9.26. The van der Waals surface area contributed by atoms with Crippen molar-refractivity contribution < 1.29 is 19.0 Å². The van der Waals surface area contributed by atoms with E-state index >= 15 is 0 Å². The highest BCUT2D eigenvalue weighted by atomic mass is 16.5. The fourth-order valence-corrected chi connectivity index (χ4v) is 4.00. The molecule has 2 aromatic heterocycles. The van der Waals surface area contributed by atoms with Gasteiger partial charge in [-0.05, 0) is 35.9 Å². The molecule has 0 radical (unpaired) electrons. The van der Waals surface area contributed by atoms with Crippen LogP contribution in [0.1, 0.15) is 23.8 Å². The minimum absolute atomic E-state index is 0.0577. The molecular formula is C25H26N4O4. The van der Waals surface area contributed by atoms with Gasteiger partial charge in [0.1, 0.15) is 11.9 Å². The lowest BCUT2D eigenvalue weighted by atomic mass is 10.1. The predicted molar refractivity (Wildman–Crippen MR) is 123 cm³/mol. The van der Waals surface area contributed by atoms with Gasteiger partial charge in [-0.15, -0.1) is 0 Å². The SMILES string of the molecule is Nc1ccc(-c2ccc([C@@H]3CN(C(=O)Cc4ccc5c(c4)OCCCO5)CCO3)nc2)cn1. The van der Waals surface area contributed by atoms with Gasteiger partial charge in [-0.2, -0.15) is 0 Å². The molecule has 0 spiro atoms. The van der Waals surface area contributed by atoms with Crippen molar-refractivity contribution in [3.05, 3.63) is 66.1 Å². The molecule has 1 atom stereocenters. The molecule has 1 aromatic carbocycles. The highest BCUT2D eigenvalue weighted by Gasteiger charge is 2.26. The van der Waals surface area contributed by atoms with Gasteiger partial charge >= 0.3 is 0 Å². The molecule has 5 rings (SSSR count). The Balaban J connectivity index is 1.23. The maximum absolute atomic E-state index is 13.0. The van der Waals surface area contributed by atoms with E-state index in [-0.39, 0.29) is 12.0 Å². The first-order chi connectivity index (χ1) is 16.2. The van der Waals surface area contributed by atoms with E-state index in [2.05, 4.69) is 9.97 Å². The average molecular weight is 447 g/mol. The van der Waals surface area contributed by atoms with Crippen LogP contribution < -0.4 is 15.2 Å². The van der Waals surface area contributed by atoms with E-state index in [0.717, 1.165) is 34.6 Å². The summed E-state index contributed by atoms with van der Waals surface area (Å²) >= 11 is 0. The minimum Gasteiger partial charge on any atom is -0.490 e. The van der Waals surface area contributed by atoms with Crippen LogP contribution in [0.2, 0.25) is 0 Å². The highest BCUT2D eigenvalue weighted by molar-refractivity contribution is 5.79. The molecular weight excluding hydrogens is 420 g/mol. The van der Waals surface area contributed by atoms with Crippen molar-refractivity contribution in [1.82, 2.24) is 14.9 Å². The van der Waals surface area contributed by atoms with Crippen LogP contribution >= 0.6 is 0 Å². The molecule has 2 aliphatic rings. The molecule has 8 heteroatoms. The Bertz CT molecular complexity index is 1120. The van der Waals surface area contributed by atoms with Crippen molar-refractivity contribution in [1.29, 1.82) is 0 Å². The highest BCUT2D eigenvalue weighted by Crippen LogP contribution is 2.31. The van der Waals surface area contributed by atoms with Crippen molar-refractivity contribution in [2.45, 2.75) is 18.9 Å². The summed E-state index contributed by atoms with van der Waals surface area (Å²) in [6.45, 7) is 2.78. The number of carbonyl (C=O) groups is 1. The molecule has 0 unspecified atom stereocenters. The molecule has 0 saturated carbocycles. The van der Waals surface area contributed by atoms with Gasteiger partial charge in [-0.25, -0.2) is 4.98 Å². The lowest BCUT2D eigenvalue weighted by Crippen LogP contribution is -2.43. The summed E-state index contributed by atoms with van der Waals surface area (Å²) in [5, 5.41) is 0. The average Bonchev–Trinajstić information content (AvgIpc) is 3.10. The van der Waals surface area contributed by atoms with E-state index < -0.39 is 0 Å². The van der Waals surface area contributed by atoms with Crippen LogP contribution in [0.25, 0.3) is 11.1 Å².